The third kappa shape index (κ3) is 3.61. The second kappa shape index (κ2) is 6.46. The Kier molecular flexibility index (Phi) is 5.24. The third-order valence-electron chi connectivity index (χ3n) is 1.98. The smallest absolute Gasteiger partial charge is 1.00 e. The number of fused-ring (bicyclic) bond motifs is 1. The third-order valence-corrected chi connectivity index (χ3v) is 1.98. The predicted octanol–water partition coefficient (Wildman–Crippen LogP) is -1.74. The van der Waals surface area contributed by atoms with E-state index in [0.29, 0.717) is 5.69 Å². The van der Waals surface area contributed by atoms with Crippen LogP contribution in [0.4, 0.5) is 0 Å². The molecule has 1 amide bonds. The predicted molar refractivity (Wildman–Crippen MR) is 59.6 cm³/mol. The molecule has 0 aliphatic carbocycles. The molecule has 1 aromatic carbocycles. The van der Waals surface area contributed by atoms with E-state index < -0.39 is 5.91 Å². The van der Waals surface area contributed by atoms with Gasteiger partial charge in [0.15, 0.2) is 0 Å². The number of amides is 1. The molecule has 0 atom stereocenters. The number of nitrogens with zero attached hydrogens (tertiary/aromatic N) is 2. The number of hydrogen-bond donors (Lipinski definition) is 2. The Balaban J connectivity index is 0.00000144. The van der Waals surface area contributed by atoms with Gasteiger partial charge in [-0.05, 0) is 18.2 Å². The van der Waals surface area contributed by atoms with Gasteiger partial charge in [-0.15, -0.1) is 0 Å². The molecule has 2 N–H and O–H groups in total. The van der Waals surface area contributed by atoms with Crippen molar-refractivity contribution in [2.45, 2.75) is 0 Å². The van der Waals surface area contributed by atoms with E-state index in [9.17, 15) is 4.79 Å². The maximum absolute atomic E-state index is 10.8. The number of aromatic nitrogens is 2. The Labute approximate surface area is 121 Å². The number of carbonyl (C=O) groups excluding carboxylic acids is 1. The maximum Gasteiger partial charge on any atom is 1.00 e. The molecule has 5 nitrogen and oxygen atoms in total. The molecule has 82 valence electrons. The molecular weight excluding hydrogens is 229 g/mol. The zero-order chi connectivity index (χ0) is 11.4. The largest absolute Gasteiger partial charge is 1.00 e. The molecule has 0 saturated heterocycles. The first kappa shape index (κ1) is 13.8. The van der Waals surface area contributed by atoms with Gasteiger partial charge in [0.05, 0.1) is 22.9 Å². The minimum atomic E-state index is -0.602. The van der Waals surface area contributed by atoms with E-state index >= 15 is 0 Å². The molecule has 1 heterocycles. The van der Waals surface area contributed by atoms with E-state index in [4.69, 9.17) is 5.21 Å². The standard InChI is InChI=1S/C11H9N3O2.Na.H/c15-11(14-16)6-5-8-7-12-9-3-1-2-4-10(9)13-8;;/h1-7,16H,(H,14,15);;/q;+1;-1/b6-5+;;. The summed E-state index contributed by atoms with van der Waals surface area (Å²) in [7, 11) is 0. The Bertz CT molecular complexity index is 563. The molecule has 17 heavy (non-hydrogen) atoms. The molecule has 6 heteroatoms. The normalized spacial score (nSPS) is 10.2. The average molecular weight is 239 g/mol. The van der Waals surface area contributed by atoms with Gasteiger partial charge >= 0.3 is 29.6 Å². The average Bonchev–Trinajstić information content (AvgIpc) is 2.35. The molecule has 0 unspecified atom stereocenters. The van der Waals surface area contributed by atoms with Crippen LogP contribution >= 0.6 is 0 Å². The first-order valence-corrected chi connectivity index (χ1v) is 4.63. The molecule has 0 saturated carbocycles. The Hall–Kier alpha value is -1.27. The number of nitrogens with one attached hydrogen (secondary N) is 1. The summed E-state index contributed by atoms with van der Waals surface area (Å²) in [6.45, 7) is 0. The second-order valence-electron chi connectivity index (χ2n) is 3.09. The van der Waals surface area contributed by atoms with Crippen LogP contribution in [0.15, 0.2) is 36.5 Å². The maximum atomic E-state index is 10.8. The van der Waals surface area contributed by atoms with Gasteiger partial charge in [0.2, 0.25) is 0 Å². The SMILES string of the molecule is O=C(/C=C/c1cnc2ccccc2n1)NO.[H-].[Na+]. The van der Waals surface area contributed by atoms with Crippen LogP contribution in [0.25, 0.3) is 17.1 Å². The Morgan fingerprint density at radius 2 is 2.06 bits per heavy atom. The van der Waals surface area contributed by atoms with Crippen molar-refractivity contribution in [1.82, 2.24) is 15.4 Å². The van der Waals surface area contributed by atoms with Gasteiger partial charge in [-0.25, -0.2) is 10.5 Å². The van der Waals surface area contributed by atoms with Crippen molar-refractivity contribution in [1.29, 1.82) is 0 Å². The summed E-state index contributed by atoms with van der Waals surface area (Å²) in [5, 5.41) is 8.30. The molecule has 1 aromatic heterocycles. The first-order chi connectivity index (χ1) is 7.79. The summed E-state index contributed by atoms with van der Waals surface area (Å²) in [4.78, 5) is 19.2. The van der Waals surface area contributed by atoms with E-state index in [1.54, 1.807) is 6.20 Å². The summed E-state index contributed by atoms with van der Waals surface area (Å²) in [6.07, 6.45) is 4.22. The van der Waals surface area contributed by atoms with Crippen LogP contribution in [-0.2, 0) is 4.79 Å². The topological polar surface area (TPSA) is 75.1 Å². The summed E-state index contributed by atoms with van der Waals surface area (Å²) >= 11 is 0. The van der Waals surface area contributed by atoms with Crippen LogP contribution in [0.5, 0.6) is 0 Å². The van der Waals surface area contributed by atoms with E-state index in [1.165, 1.54) is 17.6 Å². The van der Waals surface area contributed by atoms with E-state index in [0.717, 1.165) is 11.0 Å². The van der Waals surface area contributed by atoms with Crippen molar-refractivity contribution in [3.63, 3.8) is 0 Å². The summed E-state index contributed by atoms with van der Waals surface area (Å²) in [6, 6.07) is 7.44. The van der Waals surface area contributed by atoms with Crippen molar-refractivity contribution in [2.24, 2.45) is 0 Å². The fourth-order valence-corrected chi connectivity index (χ4v) is 1.25. The van der Waals surface area contributed by atoms with Gasteiger partial charge in [0.25, 0.3) is 5.91 Å². The summed E-state index contributed by atoms with van der Waals surface area (Å²) in [5.41, 5.74) is 3.61. The van der Waals surface area contributed by atoms with Crippen molar-refractivity contribution >= 4 is 23.0 Å². The molecule has 0 aliphatic heterocycles. The van der Waals surface area contributed by atoms with E-state index in [2.05, 4.69) is 9.97 Å². The number of hydroxylamine groups is 1. The van der Waals surface area contributed by atoms with Crippen molar-refractivity contribution in [3.8, 4) is 0 Å². The van der Waals surface area contributed by atoms with Crippen LogP contribution in [-0.4, -0.2) is 21.1 Å². The van der Waals surface area contributed by atoms with Gasteiger partial charge in [-0.2, -0.15) is 0 Å². The summed E-state index contributed by atoms with van der Waals surface area (Å²) in [5.74, 6) is -0.602. The van der Waals surface area contributed by atoms with Crippen LogP contribution < -0.4 is 35.0 Å². The molecule has 0 fully saturated rings. The zero-order valence-electron chi connectivity index (χ0n) is 10.3. The molecule has 0 bridgehead atoms. The Morgan fingerprint density at radius 3 is 2.76 bits per heavy atom. The van der Waals surface area contributed by atoms with Crippen LogP contribution in [0.3, 0.4) is 0 Å². The first-order valence-electron chi connectivity index (χ1n) is 4.63. The fraction of sp³-hybridized carbons (Fsp3) is 0. The van der Waals surface area contributed by atoms with Crippen molar-refractivity contribution in [2.75, 3.05) is 0 Å². The molecule has 2 rings (SSSR count). The summed E-state index contributed by atoms with van der Waals surface area (Å²) < 4.78 is 0. The Morgan fingerprint density at radius 1 is 1.35 bits per heavy atom. The quantitative estimate of drug-likeness (QED) is 0.282. The van der Waals surface area contributed by atoms with Crippen LogP contribution in [0, 0.1) is 0 Å². The van der Waals surface area contributed by atoms with E-state index in [1.807, 2.05) is 24.3 Å². The molecular formula is C11H10N3NaO2. The van der Waals surface area contributed by atoms with Crippen LogP contribution in [0.1, 0.15) is 7.12 Å². The molecule has 2 aromatic rings. The number of para-hydroxylation sites is 2. The second-order valence-corrected chi connectivity index (χ2v) is 3.09. The molecule has 0 radical (unpaired) electrons. The minimum Gasteiger partial charge on any atom is -1.00 e. The van der Waals surface area contributed by atoms with Gasteiger partial charge < -0.3 is 1.43 Å². The number of hydrogen-bond acceptors (Lipinski definition) is 4. The van der Waals surface area contributed by atoms with Gasteiger partial charge in [-0.1, -0.05) is 12.1 Å². The number of rotatable bonds is 2. The van der Waals surface area contributed by atoms with E-state index in [-0.39, 0.29) is 31.0 Å². The van der Waals surface area contributed by atoms with Crippen molar-refractivity contribution < 1.29 is 41.0 Å². The zero-order valence-corrected chi connectivity index (χ0v) is 11.3. The van der Waals surface area contributed by atoms with Crippen LogP contribution in [0.2, 0.25) is 0 Å². The minimum absolute atomic E-state index is 0. The van der Waals surface area contributed by atoms with Crippen molar-refractivity contribution in [3.05, 3.63) is 42.2 Å². The molecule has 0 aliphatic rings. The van der Waals surface area contributed by atoms with Gasteiger partial charge in [0.1, 0.15) is 0 Å². The van der Waals surface area contributed by atoms with Gasteiger partial charge in [0, 0.05) is 6.08 Å². The fourth-order valence-electron chi connectivity index (χ4n) is 1.25. The molecule has 0 spiro atoms. The number of benzene rings is 1. The number of carbonyl (C=O) groups is 1. The monoisotopic (exact) mass is 239 g/mol. The van der Waals surface area contributed by atoms with Gasteiger partial charge in [-0.3, -0.25) is 15.0 Å².